The van der Waals surface area contributed by atoms with Gasteiger partial charge < -0.3 is 19.1 Å². The van der Waals surface area contributed by atoms with Gasteiger partial charge in [0.2, 0.25) is 6.41 Å². The van der Waals surface area contributed by atoms with Gasteiger partial charge in [0.25, 0.3) is 5.56 Å². The third-order valence-corrected chi connectivity index (χ3v) is 6.98. The van der Waals surface area contributed by atoms with Gasteiger partial charge in [-0.1, -0.05) is 17.7 Å². The molecule has 4 rings (SSSR count). The van der Waals surface area contributed by atoms with Gasteiger partial charge in [-0.05, 0) is 48.7 Å². The van der Waals surface area contributed by atoms with Gasteiger partial charge in [0, 0.05) is 26.2 Å². The lowest BCUT2D eigenvalue weighted by Gasteiger charge is -2.31. The Balaban J connectivity index is 1.77. The molecule has 0 atom stereocenters. The van der Waals surface area contributed by atoms with E-state index in [0.29, 0.717) is 61.0 Å². The maximum atomic E-state index is 13.8. The van der Waals surface area contributed by atoms with Crippen molar-refractivity contribution in [1.82, 2.24) is 14.0 Å². The summed E-state index contributed by atoms with van der Waals surface area (Å²) in [5.41, 5.74) is -0.0966. The Morgan fingerprint density at radius 3 is 2.46 bits per heavy atom. The molecule has 1 aliphatic rings. The van der Waals surface area contributed by atoms with E-state index in [-0.39, 0.29) is 23.7 Å². The number of carbonyl (C=O) groups excluding carboxylic acids is 1. The van der Waals surface area contributed by atoms with Gasteiger partial charge in [0.15, 0.2) is 6.10 Å². The van der Waals surface area contributed by atoms with Gasteiger partial charge in [-0.3, -0.25) is 18.7 Å². The fraction of sp³-hybridized carbons (Fsp3) is 0.444. The normalized spacial score (nSPS) is 14.2. The number of nitrogens with zero attached hydrogens (tertiary/aromatic N) is 3. The largest absolute Gasteiger partial charge is 0.490 e. The highest BCUT2D eigenvalue weighted by molar-refractivity contribution is 6.32. The molecule has 3 aromatic rings. The number of halogens is 3. The molecule has 0 spiro atoms. The minimum absolute atomic E-state index is 0.0679. The number of likely N-dealkylation sites (tertiary alicyclic amines) is 1. The molecule has 1 fully saturated rings. The van der Waals surface area contributed by atoms with Crippen molar-refractivity contribution in [3.05, 3.63) is 67.8 Å². The van der Waals surface area contributed by atoms with Crippen molar-refractivity contribution in [2.45, 2.75) is 31.5 Å². The molecule has 2 heterocycles. The second-order valence-corrected chi connectivity index (χ2v) is 9.66. The van der Waals surface area contributed by atoms with Crippen LogP contribution in [-0.2, 0) is 16.1 Å². The second kappa shape index (κ2) is 13.1. The zero-order chi connectivity index (χ0) is 27.9. The first-order valence-electron chi connectivity index (χ1n) is 12.6. The molecule has 1 aliphatic heterocycles. The Morgan fingerprint density at radius 1 is 1.08 bits per heavy atom. The third kappa shape index (κ3) is 6.42. The number of rotatable bonds is 12. The second-order valence-electron chi connectivity index (χ2n) is 9.25. The van der Waals surface area contributed by atoms with Crippen LogP contribution in [0, 0.1) is 0 Å². The molecule has 0 N–H and O–H groups in total. The highest BCUT2D eigenvalue weighted by Gasteiger charge is 2.25. The number of hydrogen-bond acceptors (Lipinski definition) is 6. The zero-order valence-corrected chi connectivity index (χ0v) is 22.2. The summed E-state index contributed by atoms with van der Waals surface area (Å²) < 4.78 is 44.8. The molecule has 210 valence electrons. The molecule has 1 saturated heterocycles. The first kappa shape index (κ1) is 28.6. The van der Waals surface area contributed by atoms with Gasteiger partial charge in [-0.25, -0.2) is 13.6 Å². The van der Waals surface area contributed by atoms with Gasteiger partial charge in [-0.15, -0.1) is 0 Å². The monoisotopic (exact) mass is 565 g/mol. The van der Waals surface area contributed by atoms with E-state index in [4.69, 9.17) is 25.8 Å². The summed E-state index contributed by atoms with van der Waals surface area (Å²) in [6.07, 6.45) is 0.528. The SMILES string of the molecule is COCCOc1ccc(Cn2c(=O)c3cc(OC(CF)CF)ccc3n(C3CCN(C=O)CC3)c2=O)cc1Cl. The average Bonchev–Trinajstić information content (AvgIpc) is 2.95. The lowest BCUT2D eigenvalue weighted by Crippen LogP contribution is -2.44. The standard InChI is InChI=1S/C27H30ClF2N3O6/c1-37-10-11-38-25-5-2-18(12-23(25)28)16-32-26(35)22-13-20(39-21(14-29)15-30)3-4-24(22)33(27(32)36)19-6-8-31(17-34)9-7-19/h2-5,12-13,17,19,21H,6-11,14-16H2,1H3. The molecule has 12 heteroatoms. The Bertz CT molecular complexity index is 1420. The van der Waals surface area contributed by atoms with Crippen molar-refractivity contribution in [1.29, 1.82) is 0 Å². The minimum atomic E-state index is -1.30. The van der Waals surface area contributed by atoms with Crippen molar-refractivity contribution in [3.8, 4) is 11.5 Å². The number of methoxy groups -OCH3 is 1. The van der Waals surface area contributed by atoms with E-state index in [2.05, 4.69) is 0 Å². The molecule has 0 unspecified atom stereocenters. The minimum Gasteiger partial charge on any atom is -0.490 e. The van der Waals surface area contributed by atoms with E-state index >= 15 is 0 Å². The molecule has 39 heavy (non-hydrogen) atoms. The van der Waals surface area contributed by atoms with E-state index in [1.54, 1.807) is 40.8 Å². The Kier molecular flexibility index (Phi) is 9.58. The lowest BCUT2D eigenvalue weighted by atomic mass is 10.0. The molecule has 0 saturated carbocycles. The van der Waals surface area contributed by atoms with Gasteiger partial charge in [0.05, 0.1) is 29.1 Å². The van der Waals surface area contributed by atoms with E-state index in [1.165, 1.54) is 12.1 Å². The Labute approximate surface area is 228 Å². The van der Waals surface area contributed by atoms with Crippen molar-refractivity contribution in [3.63, 3.8) is 0 Å². The number of piperidine rings is 1. The van der Waals surface area contributed by atoms with Crippen LogP contribution >= 0.6 is 11.6 Å². The smallest absolute Gasteiger partial charge is 0.332 e. The highest BCUT2D eigenvalue weighted by atomic mass is 35.5. The predicted molar refractivity (Wildman–Crippen MR) is 143 cm³/mol. The Morgan fingerprint density at radius 2 is 1.82 bits per heavy atom. The maximum absolute atomic E-state index is 13.8. The fourth-order valence-corrected chi connectivity index (χ4v) is 4.91. The van der Waals surface area contributed by atoms with Crippen molar-refractivity contribution in [2.75, 3.05) is 46.8 Å². The number of carbonyl (C=O) groups is 1. The third-order valence-electron chi connectivity index (χ3n) is 6.68. The fourth-order valence-electron chi connectivity index (χ4n) is 4.65. The number of aromatic nitrogens is 2. The van der Waals surface area contributed by atoms with Crippen molar-refractivity contribution < 1.29 is 27.8 Å². The van der Waals surface area contributed by atoms with E-state index in [0.717, 1.165) is 11.0 Å². The van der Waals surface area contributed by atoms with E-state index in [1.807, 2.05) is 0 Å². The molecular formula is C27H30ClF2N3O6. The molecule has 1 aromatic heterocycles. The number of fused-ring (bicyclic) bond motifs is 1. The number of alkyl halides is 2. The van der Waals surface area contributed by atoms with Crippen LogP contribution in [0.15, 0.2) is 46.0 Å². The highest BCUT2D eigenvalue weighted by Crippen LogP contribution is 2.28. The van der Waals surface area contributed by atoms with Crippen LogP contribution < -0.4 is 20.7 Å². The van der Waals surface area contributed by atoms with Crippen LogP contribution in [0.4, 0.5) is 8.78 Å². The average molecular weight is 566 g/mol. The number of ether oxygens (including phenoxy) is 3. The first-order valence-corrected chi connectivity index (χ1v) is 12.9. The molecule has 0 aliphatic carbocycles. The molecule has 1 amide bonds. The summed E-state index contributed by atoms with van der Waals surface area (Å²) in [6.45, 7) is -0.489. The molecule has 9 nitrogen and oxygen atoms in total. The van der Waals surface area contributed by atoms with Crippen molar-refractivity contribution >= 4 is 28.9 Å². The van der Waals surface area contributed by atoms with Crippen LogP contribution in [0.25, 0.3) is 10.9 Å². The summed E-state index contributed by atoms with van der Waals surface area (Å²) in [4.78, 5) is 40.2. The number of hydrogen-bond donors (Lipinski definition) is 0. The van der Waals surface area contributed by atoms with E-state index in [9.17, 15) is 23.2 Å². The quantitative estimate of drug-likeness (QED) is 0.247. The molecule has 0 radical (unpaired) electrons. The maximum Gasteiger partial charge on any atom is 0.332 e. The molecule has 0 bridgehead atoms. The summed E-state index contributed by atoms with van der Waals surface area (Å²) in [5.74, 6) is 0.563. The lowest BCUT2D eigenvalue weighted by molar-refractivity contribution is -0.119. The molecule has 2 aromatic carbocycles. The number of benzene rings is 2. The Hall–Kier alpha value is -3.44. The van der Waals surface area contributed by atoms with Crippen LogP contribution in [0.1, 0.15) is 24.4 Å². The molecular weight excluding hydrogens is 536 g/mol. The van der Waals surface area contributed by atoms with Crippen LogP contribution in [-0.4, -0.2) is 73.3 Å². The zero-order valence-electron chi connectivity index (χ0n) is 21.5. The summed E-state index contributed by atoms with van der Waals surface area (Å²) in [6, 6.07) is 9.18. The number of amides is 1. The van der Waals surface area contributed by atoms with Crippen LogP contribution in [0.3, 0.4) is 0 Å². The van der Waals surface area contributed by atoms with Crippen molar-refractivity contribution in [2.24, 2.45) is 0 Å². The summed E-state index contributed by atoms with van der Waals surface area (Å²) in [7, 11) is 1.56. The van der Waals surface area contributed by atoms with Gasteiger partial charge in [-0.2, -0.15) is 0 Å². The van der Waals surface area contributed by atoms with Gasteiger partial charge >= 0.3 is 5.69 Å². The topological polar surface area (TPSA) is 92.0 Å². The van der Waals surface area contributed by atoms with Crippen LogP contribution in [0.2, 0.25) is 5.02 Å². The van der Waals surface area contributed by atoms with Gasteiger partial charge in [0.1, 0.15) is 31.5 Å². The predicted octanol–water partition coefficient (Wildman–Crippen LogP) is 3.37. The summed E-state index contributed by atoms with van der Waals surface area (Å²) >= 11 is 6.38. The van der Waals surface area contributed by atoms with Crippen LogP contribution in [0.5, 0.6) is 11.5 Å². The first-order chi connectivity index (χ1) is 18.9. The van der Waals surface area contributed by atoms with E-state index < -0.39 is 30.7 Å². The summed E-state index contributed by atoms with van der Waals surface area (Å²) in [5, 5.41) is 0.491.